The quantitative estimate of drug-likeness (QED) is 0.690. The highest BCUT2D eigenvalue weighted by molar-refractivity contribution is 7.67. The monoisotopic (exact) mass is 316 g/mol. The second kappa shape index (κ2) is 6.20. The van der Waals surface area contributed by atoms with E-state index >= 15 is 0 Å². The van der Waals surface area contributed by atoms with Gasteiger partial charge in [-0.1, -0.05) is 35.9 Å². The number of benzene rings is 2. The van der Waals surface area contributed by atoms with Crippen molar-refractivity contribution in [2.75, 3.05) is 0 Å². The highest BCUT2D eigenvalue weighted by Gasteiger charge is 2.36. The number of aryl methyl sites for hydroxylation is 3. The van der Waals surface area contributed by atoms with Crippen molar-refractivity contribution in [2.45, 2.75) is 33.4 Å². The number of rotatable bonds is 4. The second-order valence-corrected chi connectivity index (χ2v) is 8.31. The molecule has 0 aliphatic heterocycles. The Bertz CT molecular complexity index is 727. The Kier molecular flexibility index (Phi) is 4.69. The van der Waals surface area contributed by atoms with Crippen LogP contribution < -0.4 is 5.30 Å². The summed E-state index contributed by atoms with van der Waals surface area (Å²) < 4.78 is 12.8. The van der Waals surface area contributed by atoms with Gasteiger partial charge in [0, 0.05) is 10.9 Å². The lowest BCUT2D eigenvalue weighted by molar-refractivity contribution is 0.0987. The molecule has 22 heavy (non-hydrogen) atoms. The number of hydrogen-bond donors (Lipinski definition) is 1. The molecule has 0 amide bonds. The normalized spacial score (nSPS) is 15.1. The summed E-state index contributed by atoms with van der Waals surface area (Å²) in [5.74, 6) is -0.273. The first kappa shape index (κ1) is 16.7. The number of carbonyl (C=O) groups excluding carboxylic acids is 1. The van der Waals surface area contributed by atoms with Crippen molar-refractivity contribution in [3.63, 3.8) is 0 Å². The number of Topliss-reactive ketones (excluding diaryl/α,β-unsaturated/α-hetero) is 1. The van der Waals surface area contributed by atoms with Crippen molar-refractivity contribution in [1.29, 1.82) is 0 Å². The molecule has 0 fully saturated rings. The number of ketones is 1. The molecule has 0 aliphatic carbocycles. The largest absolute Gasteiger partial charge is 0.341 e. The van der Waals surface area contributed by atoms with Crippen LogP contribution in [-0.2, 0) is 4.57 Å². The molecule has 0 saturated carbocycles. The first-order chi connectivity index (χ1) is 10.2. The molecule has 4 heteroatoms. The Balaban J connectivity index is 2.44. The van der Waals surface area contributed by atoms with Crippen molar-refractivity contribution in [3.05, 3.63) is 64.7 Å². The zero-order chi connectivity index (χ0) is 16.5. The van der Waals surface area contributed by atoms with Crippen LogP contribution in [0.4, 0.5) is 0 Å². The molecule has 2 unspecified atom stereocenters. The Hall–Kier alpha value is -1.70. The highest BCUT2D eigenvalue weighted by atomic mass is 31.2. The molecule has 0 saturated heterocycles. The van der Waals surface area contributed by atoms with E-state index < -0.39 is 13.0 Å². The maximum atomic E-state index is 12.8. The first-order valence-electron chi connectivity index (χ1n) is 7.25. The van der Waals surface area contributed by atoms with E-state index in [2.05, 4.69) is 0 Å². The Morgan fingerprint density at radius 3 is 2.05 bits per heavy atom. The molecule has 116 valence electrons. The minimum atomic E-state index is -3.76. The van der Waals surface area contributed by atoms with E-state index in [-0.39, 0.29) is 5.78 Å². The van der Waals surface area contributed by atoms with Crippen molar-refractivity contribution >= 4 is 18.5 Å². The van der Waals surface area contributed by atoms with Crippen LogP contribution in [0.25, 0.3) is 0 Å². The average Bonchev–Trinajstić information content (AvgIpc) is 2.46. The van der Waals surface area contributed by atoms with Gasteiger partial charge in [-0.3, -0.25) is 9.36 Å². The van der Waals surface area contributed by atoms with Crippen LogP contribution in [-0.4, -0.2) is 16.3 Å². The molecule has 1 N–H and O–H groups in total. The van der Waals surface area contributed by atoms with Gasteiger partial charge in [-0.2, -0.15) is 0 Å². The van der Waals surface area contributed by atoms with Gasteiger partial charge < -0.3 is 4.89 Å². The highest BCUT2D eigenvalue weighted by Crippen LogP contribution is 2.46. The zero-order valence-corrected chi connectivity index (χ0v) is 14.2. The van der Waals surface area contributed by atoms with E-state index in [9.17, 15) is 14.3 Å². The molecule has 0 spiro atoms. The molecular weight excluding hydrogens is 295 g/mol. The minimum Gasteiger partial charge on any atom is -0.341 e. The third-order valence-electron chi connectivity index (χ3n) is 3.95. The van der Waals surface area contributed by atoms with Crippen LogP contribution >= 0.6 is 7.37 Å². The van der Waals surface area contributed by atoms with E-state index in [0.717, 1.165) is 16.7 Å². The molecule has 0 aromatic heterocycles. The first-order valence-corrected chi connectivity index (χ1v) is 8.98. The summed E-state index contributed by atoms with van der Waals surface area (Å²) in [6.07, 6.45) is 0. The summed E-state index contributed by atoms with van der Waals surface area (Å²) in [4.78, 5) is 23.2. The Labute approximate surface area is 131 Å². The summed E-state index contributed by atoms with van der Waals surface area (Å²) in [6.45, 7) is 7.24. The lowest BCUT2D eigenvalue weighted by atomic mass is 9.95. The molecule has 2 atom stereocenters. The van der Waals surface area contributed by atoms with Crippen molar-refractivity contribution < 1.29 is 14.3 Å². The van der Waals surface area contributed by atoms with Gasteiger partial charge in [-0.15, -0.1) is 0 Å². The number of carbonyl (C=O) groups is 1. The van der Waals surface area contributed by atoms with Crippen molar-refractivity contribution in [3.8, 4) is 0 Å². The molecule has 0 radical (unpaired) electrons. The third kappa shape index (κ3) is 3.06. The van der Waals surface area contributed by atoms with Crippen molar-refractivity contribution in [2.24, 2.45) is 0 Å². The minimum absolute atomic E-state index is 0.273. The maximum Gasteiger partial charge on any atom is 0.239 e. The lowest BCUT2D eigenvalue weighted by Crippen LogP contribution is -2.24. The fourth-order valence-electron chi connectivity index (χ4n) is 2.80. The fraction of sp³-hybridized carbons (Fsp3) is 0.278. The van der Waals surface area contributed by atoms with Gasteiger partial charge >= 0.3 is 0 Å². The van der Waals surface area contributed by atoms with Crippen LogP contribution in [0.3, 0.4) is 0 Å². The smallest absolute Gasteiger partial charge is 0.239 e. The average molecular weight is 316 g/mol. The van der Waals surface area contributed by atoms with Gasteiger partial charge in [-0.05, 0) is 51.0 Å². The van der Waals surface area contributed by atoms with E-state index in [1.165, 1.54) is 6.92 Å². The standard InChI is InChI=1S/C18H21O3P/c1-12-10-13(2)17(14(3)11-12)18(19)15(4)22(20,21)16-8-6-5-7-9-16/h5-11,15H,1-4H3,(H,20,21). The van der Waals surface area contributed by atoms with Crippen LogP contribution in [0.15, 0.2) is 42.5 Å². The van der Waals surface area contributed by atoms with Gasteiger partial charge in [0.1, 0.15) is 5.66 Å². The maximum absolute atomic E-state index is 12.8. The summed E-state index contributed by atoms with van der Waals surface area (Å²) in [6, 6.07) is 12.2. The Morgan fingerprint density at radius 1 is 1.05 bits per heavy atom. The van der Waals surface area contributed by atoms with Crippen LogP contribution in [0.2, 0.25) is 0 Å². The molecule has 2 aromatic carbocycles. The predicted octanol–water partition coefficient (Wildman–Crippen LogP) is 3.78. The van der Waals surface area contributed by atoms with Gasteiger partial charge in [0.2, 0.25) is 7.37 Å². The fourth-order valence-corrected chi connectivity index (χ4v) is 4.30. The van der Waals surface area contributed by atoms with E-state index in [1.54, 1.807) is 30.3 Å². The van der Waals surface area contributed by atoms with Crippen LogP contribution in [0.5, 0.6) is 0 Å². The molecule has 0 heterocycles. The molecule has 2 aromatic rings. The predicted molar refractivity (Wildman–Crippen MR) is 90.3 cm³/mol. The van der Waals surface area contributed by atoms with Crippen molar-refractivity contribution in [1.82, 2.24) is 0 Å². The van der Waals surface area contributed by atoms with Gasteiger partial charge in [0.05, 0.1) is 0 Å². The van der Waals surface area contributed by atoms with Gasteiger partial charge in [0.15, 0.2) is 5.78 Å². The second-order valence-electron chi connectivity index (χ2n) is 5.77. The summed E-state index contributed by atoms with van der Waals surface area (Å²) in [7, 11) is -3.76. The van der Waals surface area contributed by atoms with E-state index in [4.69, 9.17) is 0 Å². The molecule has 2 rings (SSSR count). The van der Waals surface area contributed by atoms with Gasteiger partial charge in [0.25, 0.3) is 0 Å². The molecule has 0 bridgehead atoms. The molecule has 3 nitrogen and oxygen atoms in total. The Morgan fingerprint density at radius 2 is 1.55 bits per heavy atom. The topological polar surface area (TPSA) is 54.4 Å². The molecular formula is C18H21O3P. The SMILES string of the molecule is Cc1cc(C)c(C(=O)C(C)P(=O)(O)c2ccccc2)c(C)c1. The summed E-state index contributed by atoms with van der Waals surface area (Å²) >= 11 is 0. The van der Waals surface area contributed by atoms with Crippen LogP contribution in [0.1, 0.15) is 34.0 Å². The number of hydrogen-bond acceptors (Lipinski definition) is 2. The third-order valence-corrected chi connectivity index (χ3v) is 6.28. The van der Waals surface area contributed by atoms with Crippen LogP contribution in [0, 0.1) is 20.8 Å². The summed E-state index contributed by atoms with van der Waals surface area (Å²) in [5, 5.41) is 0.318. The summed E-state index contributed by atoms with van der Waals surface area (Å²) in [5.41, 5.74) is 2.37. The van der Waals surface area contributed by atoms with E-state index in [0.29, 0.717) is 10.9 Å². The molecule has 0 aliphatic rings. The van der Waals surface area contributed by atoms with E-state index in [1.807, 2.05) is 32.9 Å². The van der Waals surface area contributed by atoms with Gasteiger partial charge in [-0.25, -0.2) is 0 Å². The lowest BCUT2D eigenvalue weighted by Gasteiger charge is -2.20. The zero-order valence-electron chi connectivity index (χ0n) is 13.3.